The van der Waals surface area contributed by atoms with Gasteiger partial charge in [0.15, 0.2) is 0 Å². The highest BCUT2D eigenvalue weighted by atomic mass is 16.2. The van der Waals surface area contributed by atoms with Crippen LogP contribution in [-0.4, -0.2) is 30.2 Å². The highest BCUT2D eigenvalue weighted by Gasteiger charge is 2.25. The number of urea groups is 1. The first-order valence-corrected chi connectivity index (χ1v) is 3.05. The van der Waals surface area contributed by atoms with Crippen molar-refractivity contribution < 1.29 is 4.79 Å². The molecule has 1 aliphatic rings. The van der Waals surface area contributed by atoms with E-state index in [1.165, 1.54) is 0 Å². The number of hydrogen-bond donors (Lipinski definition) is 2. The summed E-state index contributed by atoms with van der Waals surface area (Å²) in [5, 5.41) is 2.63. The first kappa shape index (κ1) is 6.35. The molecule has 9 heavy (non-hydrogen) atoms. The normalized spacial score (nSPS) is 26.7. The molecular weight excluding hydrogens is 118 g/mol. The fourth-order valence-electron chi connectivity index (χ4n) is 0.932. The molecule has 0 aliphatic carbocycles. The topological polar surface area (TPSA) is 58.4 Å². The van der Waals surface area contributed by atoms with Gasteiger partial charge < -0.3 is 16.0 Å². The Labute approximate surface area is 54.0 Å². The lowest BCUT2D eigenvalue weighted by Crippen LogP contribution is -2.39. The van der Waals surface area contributed by atoms with Crippen molar-refractivity contribution in [2.24, 2.45) is 5.73 Å². The van der Waals surface area contributed by atoms with Crippen molar-refractivity contribution >= 4 is 6.03 Å². The Morgan fingerprint density at radius 2 is 2.67 bits per heavy atom. The predicted molar refractivity (Wildman–Crippen MR) is 33.8 cm³/mol. The molecular formula is C5H11N3O. The van der Waals surface area contributed by atoms with E-state index in [0.29, 0.717) is 13.1 Å². The molecule has 1 fully saturated rings. The first-order chi connectivity index (χ1) is 4.25. The first-order valence-electron chi connectivity index (χ1n) is 3.05. The molecule has 4 nitrogen and oxygen atoms in total. The Hall–Kier alpha value is -0.770. The van der Waals surface area contributed by atoms with E-state index >= 15 is 0 Å². The van der Waals surface area contributed by atoms with Crippen LogP contribution < -0.4 is 11.1 Å². The van der Waals surface area contributed by atoms with Crippen LogP contribution >= 0.6 is 0 Å². The van der Waals surface area contributed by atoms with Gasteiger partial charge in [0, 0.05) is 6.54 Å². The van der Waals surface area contributed by atoms with Gasteiger partial charge in [0.1, 0.15) is 0 Å². The molecule has 0 spiro atoms. The third-order valence-electron chi connectivity index (χ3n) is 1.46. The van der Waals surface area contributed by atoms with Gasteiger partial charge >= 0.3 is 6.03 Å². The molecule has 1 unspecified atom stereocenters. The van der Waals surface area contributed by atoms with Gasteiger partial charge in [-0.3, -0.25) is 0 Å². The summed E-state index contributed by atoms with van der Waals surface area (Å²) in [5.41, 5.74) is 5.52. The van der Waals surface area contributed by atoms with E-state index in [9.17, 15) is 4.79 Å². The van der Waals surface area contributed by atoms with E-state index in [2.05, 4.69) is 5.32 Å². The van der Waals surface area contributed by atoms with Gasteiger partial charge in [-0.05, 0) is 6.92 Å². The van der Waals surface area contributed by atoms with Crippen molar-refractivity contribution in [2.45, 2.75) is 13.1 Å². The SMILES string of the molecule is CCN1C(=O)NCC1N. The molecule has 1 aliphatic heterocycles. The molecule has 0 saturated carbocycles. The van der Waals surface area contributed by atoms with Crippen LogP contribution in [0.4, 0.5) is 4.79 Å². The number of likely N-dealkylation sites (N-methyl/N-ethyl adjacent to an activating group) is 1. The largest absolute Gasteiger partial charge is 0.335 e. The van der Waals surface area contributed by atoms with Crippen LogP contribution in [0.1, 0.15) is 6.92 Å². The zero-order valence-corrected chi connectivity index (χ0v) is 5.42. The number of hydrogen-bond acceptors (Lipinski definition) is 2. The highest BCUT2D eigenvalue weighted by Crippen LogP contribution is 1.99. The molecule has 0 radical (unpaired) electrons. The zero-order chi connectivity index (χ0) is 6.85. The fraction of sp³-hybridized carbons (Fsp3) is 0.800. The van der Waals surface area contributed by atoms with Gasteiger partial charge in [-0.1, -0.05) is 0 Å². The lowest BCUT2D eigenvalue weighted by Gasteiger charge is -2.15. The quantitative estimate of drug-likeness (QED) is 0.492. The Morgan fingerprint density at radius 3 is 2.89 bits per heavy atom. The van der Waals surface area contributed by atoms with E-state index in [-0.39, 0.29) is 12.2 Å². The summed E-state index contributed by atoms with van der Waals surface area (Å²) in [7, 11) is 0. The van der Waals surface area contributed by atoms with Crippen LogP contribution in [0.15, 0.2) is 0 Å². The summed E-state index contributed by atoms with van der Waals surface area (Å²) < 4.78 is 0. The van der Waals surface area contributed by atoms with E-state index in [4.69, 9.17) is 5.73 Å². The Morgan fingerprint density at radius 1 is 2.00 bits per heavy atom. The lowest BCUT2D eigenvalue weighted by atomic mass is 10.5. The van der Waals surface area contributed by atoms with Crippen molar-refractivity contribution in [3.8, 4) is 0 Å². The third kappa shape index (κ3) is 0.977. The molecule has 0 aromatic rings. The van der Waals surface area contributed by atoms with Crippen molar-refractivity contribution in [3.63, 3.8) is 0 Å². The van der Waals surface area contributed by atoms with Crippen LogP contribution in [0.5, 0.6) is 0 Å². The molecule has 1 atom stereocenters. The predicted octanol–water partition coefficient (Wildman–Crippen LogP) is -0.684. The second-order valence-electron chi connectivity index (χ2n) is 2.04. The van der Waals surface area contributed by atoms with Crippen molar-refractivity contribution in [2.75, 3.05) is 13.1 Å². The number of nitrogens with one attached hydrogen (secondary N) is 1. The molecule has 1 rings (SSSR count). The van der Waals surface area contributed by atoms with Crippen LogP contribution in [0.3, 0.4) is 0 Å². The maximum absolute atomic E-state index is 10.8. The molecule has 0 aromatic carbocycles. The van der Waals surface area contributed by atoms with Gasteiger partial charge in [0.05, 0.1) is 12.7 Å². The van der Waals surface area contributed by atoms with E-state index in [1.807, 2.05) is 6.92 Å². The van der Waals surface area contributed by atoms with Gasteiger partial charge in [-0.15, -0.1) is 0 Å². The molecule has 0 aromatic heterocycles. The minimum Gasteiger partial charge on any atom is -0.335 e. The second-order valence-corrected chi connectivity index (χ2v) is 2.04. The lowest BCUT2D eigenvalue weighted by molar-refractivity contribution is 0.208. The second kappa shape index (κ2) is 2.23. The maximum Gasteiger partial charge on any atom is 0.318 e. The smallest absolute Gasteiger partial charge is 0.318 e. The minimum atomic E-state index is -0.123. The molecule has 4 heteroatoms. The van der Waals surface area contributed by atoms with Crippen LogP contribution in [0.25, 0.3) is 0 Å². The maximum atomic E-state index is 10.8. The fourth-order valence-corrected chi connectivity index (χ4v) is 0.932. The Kier molecular flexibility index (Phi) is 1.57. The Bertz CT molecular complexity index is 125. The van der Waals surface area contributed by atoms with Gasteiger partial charge in [-0.2, -0.15) is 0 Å². The van der Waals surface area contributed by atoms with Crippen molar-refractivity contribution in [1.82, 2.24) is 10.2 Å². The third-order valence-corrected chi connectivity index (χ3v) is 1.46. The summed E-state index contributed by atoms with van der Waals surface area (Å²) in [5.74, 6) is 0. The summed E-state index contributed by atoms with van der Waals surface area (Å²) in [6.45, 7) is 3.17. The van der Waals surface area contributed by atoms with Gasteiger partial charge in [-0.25, -0.2) is 4.79 Å². The van der Waals surface area contributed by atoms with Gasteiger partial charge in [0.25, 0.3) is 0 Å². The Balaban J connectivity index is 2.55. The van der Waals surface area contributed by atoms with Crippen molar-refractivity contribution in [3.05, 3.63) is 0 Å². The standard InChI is InChI=1S/C5H11N3O/c1-2-8-4(6)3-7-5(8)9/h4H,2-3,6H2,1H3,(H,7,9). The highest BCUT2D eigenvalue weighted by molar-refractivity contribution is 5.76. The van der Waals surface area contributed by atoms with Crippen molar-refractivity contribution in [1.29, 1.82) is 0 Å². The molecule has 52 valence electrons. The summed E-state index contributed by atoms with van der Waals surface area (Å²) >= 11 is 0. The number of carbonyl (C=O) groups excluding carboxylic acids is 1. The number of rotatable bonds is 1. The van der Waals surface area contributed by atoms with Crippen LogP contribution in [0.2, 0.25) is 0 Å². The number of nitrogens with two attached hydrogens (primary N) is 1. The molecule has 1 saturated heterocycles. The van der Waals surface area contributed by atoms with E-state index in [0.717, 1.165) is 0 Å². The summed E-state index contributed by atoms with van der Waals surface area (Å²) in [6, 6.07) is -0.0509. The number of carbonyl (C=O) groups is 1. The van der Waals surface area contributed by atoms with E-state index < -0.39 is 0 Å². The average molecular weight is 129 g/mol. The molecule has 2 amide bonds. The average Bonchev–Trinajstić information content (AvgIpc) is 2.12. The van der Waals surface area contributed by atoms with Crippen LogP contribution in [0, 0.1) is 0 Å². The zero-order valence-electron chi connectivity index (χ0n) is 5.42. The molecule has 1 heterocycles. The van der Waals surface area contributed by atoms with Crippen LogP contribution in [-0.2, 0) is 0 Å². The molecule has 0 bridgehead atoms. The van der Waals surface area contributed by atoms with E-state index in [1.54, 1.807) is 4.90 Å². The number of nitrogens with zero attached hydrogens (tertiary/aromatic N) is 1. The summed E-state index contributed by atoms with van der Waals surface area (Å²) in [6.07, 6.45) is -0.123. The molecule has 3 N–H and O–H groups in total. The monoisotopic (exact) mass is 129 g/mol. The summed E-state index contributed by atoms with van der Waals surface area (Å²) in [4.78, 5) is 12.3. The van der Waals surface area contributed by atoms with Gasteiger partial charge in [0.2, 0.25) is 0 Å². The minimum absolute atomic E-state index is 0.0509. The number of amides is 2.